The molecule has 3 nitrogen and oxygen atoms in total. The molecule has 0 bridgehead atoms. The van der Waals surface area contributed by atoms with Crippen LogP contribution in [0, 0.1) is 6.92 Å². The number of aromatic nitrogens is 2. The molecule has 3 heteroatoms. The van der Waals surface area contributed by atoms with E-state index in [0.29, 0.717) is 6.04 Å². The van der Waals surface area contributed by atoms with Crippen molar-refractivity contribution in [2.24, 2.45) is 5.73 Å². The topological polar surface area (TPSA) is 43.8 Å². The van der Waals surface area contributed by atoms with E-state index in [2.05, 4.69) is 34.7 Å². The van der Waals surface area contributed by atoms with Gasteiger partial charge in [-0.1, -0.05) is 12.1 Å². The Balaban J connectivity index is 2.18. The van der Waals surface area contributed by atoms with Crippen LogP contribution in [0.25, 0.3) is 11.0 Å². The minimum atomic E-state index is 0.288. The summed E-state index contributed by atoms with van der Waals surface area (Å²) >= 11 is 0. The Morgan fingerprint density at radius 2 is 2.12 bits per heavy atom. The summed E-state index contributed by atoms with van der Waals surface area (Å²) in [7, 11) is 0. The highest BCUT2D eigenvalue weighted by Gasteiger charge is 2.27. The first kappa shape index (κ1) is 9.85. The molecule has 0 saturated heterocycles. The number of fused-ring (bicyclic) bond motifs is 1. The molecular formula is C13H17N3. The second kappa shape index (κ2) is 3.59. The minimum absolute atomic E-state index is 0.288. The molecule has 1 aliphatic carbocycles. The van der Waals surface area contributed by atoms with Crippen LogP contribution in [-0.4, -0.2) is 15.6 Å². The van der Waals surface area contributed by atoms with Crippen molar-refractivity contribution in [2.45, 2.75) is 38.3 Å². The van der Waals surface area contributed by atoms with Crippen molar-refractivity contribution in [1.29, 1.82) is 0 Å². The van der Waals surface area contributed by atoms with Gasteiger partial charge in [-0.25, -0.2) is 4.98 Å². The maximum Gasteiger partial charge on any atom is 0.107 e. The van der Waals surface area contributed by atoms with Crippen LogP contribution < -0.4 is 5.73 Å². The molecule has 2 aromatic rings. The summed E-state index contributed by atoms with van der Waals surface area (Å²) in [6, 6.07) is 9.04. The first-order chi connectivity index (χ1) is 7.77. The lowest BCUT2D eigenvalue weighted by atomic mass is 10.1. The van der Waals surface area contributed by atoms with Crippen LogP contribution in [0.3, 0.4) is 0 Å². The third-order valence-electron chi connectivity index (χ3n) is 3.64. The quantitative estimate of drug-likeness (QED) is 0.793. The van der Waals surface area contributed by atoms with Gasteiger partial charge in [-0.05, 0) is 38.3 Å². The Morgan fingerprint density at radius 3 is 2.88 bits per heavy atom. The molecule has 1 aromatic carbocycles. The Bertz CT molecular complexity index is 515. The molecule has 1 fully saturated rings. The first-order valence-electron chi connectivity index (χ1n) is 5.96. The number of rotatable bonds is 1. The van der Waals surface area contributed by atoms with Crippen molar-refractivity contribution in [1.82, 2.24) is 9.55 Å². The summed E-state index contributed by atoms with van der Waals surface area (Å²) in [5.41, 5.74) is 8.49. The van der Waals surface area contributed by atoms with Crippen molar-refractivity contribution in [3.05, 3.63) is 30.1 Å². The van der Waals surface area contributed by atoms with Crippen LogP contribution in [0.2, 0.25) is 0 Å². The zero-order chi connectivity index (χ0) is 11.1. The first-order valence-corrected chi connectivity index (χ1v) is 5.96. The van der Waals surface area contributed by atoms with Gasteiger partial charge in [0.2, 0.25) is 0 Å². The van der Waals surface area contributed by atoms with E-state index < -0.39 is 0 Å². The number of para-hydroxylation sites is 2. The summed E-state index contributed by atoms with van der Waals surface area (Å²) in [5.74, 6) is 1.09. The fraction of sp³-hybridized carbons (Fsp3) is 0.462. The second-order valence-electron chi connectivity index (χ2n) is 4.68. The molecule has 16 heavy (non-hydrogen) atoms. The van der Waals surface area contributed by atoms with Crippen LogP contribution in [0.5, 0.6) is 0 Å². The number of aryl methyl sites for hydroxylation is 1. The van der Waals surface area contributed by atoms with Crippen LogP contribution >= 0.6 is 0 Å². The molecule has 1 saturated carbocycles. The molecule has 1 aliphatic rings. The Kier molecular flexibility index (Phi) is 2.21. The van der Waals surface area contributed by atoms with Gasteiger partial charge in [0, 0.05) is 6.04 Å². The fourth-order valence-electron chi connectivity index (χ4n) is 2.87. The van der Waals surface area contributed by atoms with Crippen LogP contribution in [0.4, 0.5) is 0 Å². The van der Waals surface area contributed by atoms with Gasteiger partial charge >= 0.3 is 0 Å². The van der Waals surface area contributed by atoms with Crippen LogP contribution in [0.15, 0.2) is 24.3 Å². The number of imidazole rings is 1. The maximum absolute atomic E-state index is 6.18. The molecular weight excluding hydrogens is 198 g/mol. The monoisotopic (exact) mass is 215 g/mol. The zero-order valence-electron chi connectivity index (χ0n) is 9.56. The average molecular weight is 215 g/mol. The molecule has 1 heterocycles. The molecule has 0 amide bonds. The summed E-state index contributed by atoms with van der Waals surface area (Å²) in [5, 5.41) is 0. The molecule has 0 radical (unpaired) electrons. The van der Waals surface area contributed by atoms with Crippen LogP contribution in [0.1, 0.15) is 31.1 Å². The van der Waals surface area contributed by atoms with Crippen molar-refractivity contribution in [3.63, 3.8) is 0 Å². The van der Waals surface area contributed by atoms with Crippen LogP contribution in [-0.2, 0) is 0 Å². The molecule has 2 N–H and O–H groups in total. The van der Waals surface area contributed by atoms with Gasteiger partial charge < -0.3 is 10.3 Å². The van der Waals surface area contributed by atoms with E-state index in [-0.39, 0.29) is 6.04 Å². The van der Waals surface area contributed by atoms with Gasteiger partial charge in [-0.3, -0.25) is 0 Å². The van der Waals surface area contributed by atoms with E-state index in [1.165, 1.54) is 18.4 Å². The molecule has 3 rings (SSSR count). The van der Waals surface area contributed by atoms with Gasteiger partial charge in [0.1, 0.15) is 5.82 Å². The zero-order valence-corrected chi connectivity index (χ0v) is 9.56. The number of nitrogens with zero attached hydrogens (tertiary/aromatic N) is 2. The number of benzene rings is 1. The Hall–Kier alpha value is -1.35. The highest BCUT2D eigenvalue weighted by molar-refractivity contribution is 5.76. The Morgan fingerprint density at radius 1 is 1.31 bits per heavy atom. The molecule has 1 aromatic heterocycles. The number of hydrogen-bond acceptors (Lipinski definition) is 2. The standard InChI is InChI=1S/C13H17N3/c1-9-15-11-6-2-3-7-13(11)16(9)12-8-4-5-10(12)14/h2-3,6-7,10,12H,4-5,8,14H2,1H3. The predicted octanol–water partition coefficient (Wildman–Crippen LogP) is 2.40. The lowest BCUT2D eigenvalue weighted by Crippen LogP contribution is -2.27. The highest BCUT2D eigenvalue weighted by Crippen LogP contribution is 2.32. The highest BCUT2D eigenvalue weighted by atomic mass is 15.1. The smallest absolute Gasteiger partial charge is 0.107 e. The van der Waals surface area contributed by atoms with Crippen molar-refractivity contribution >= 4 is 11.0 Å². The summed E-state index contributed by atoms with van der Waals surface area (Å²) < 4.78 is 2.33. The second-order valence-corrected chi connectivity index (χ2v) is 4.68. The van der Waals surface area contributed by atoms with Gasteiger partial charge in [-0.2, -0.15) is 0 Å². The fourth-order valence-corrected chi connectivity index (χ4v) is 2.87. The lowest BCUT2D eigenvalue weighted by Gasteiger charge is -2.19. The molecule has 2 atom stereocenters. The van der Waals surface area contributed by atoms with E-state index in [1.807, 2.05) is 6.07 Å². The lowest BCUT2D eigenvalue weighted by molar-refractivity contribution is 0.464. The van der Waals surface area contributed by atoms with E-state index in [1.54, 1.807) is 0 Å². The van der Waals surface area contributed by atoms with Gasteiger partial charge in [-0.15, -0.1) is 0 Å². The summed E-state index contributed by atoms with van der Waals surface area (Å²) in [6.07, 6.45) is 3.55. The Labute approximate surface area is 95.3 Å². The van der Waals surface area contributed by atoms with E-state index >= 15 is 0 Å². The average Bonchev–Trinajstić information content (AvgIpc) is 2.81. The third-order valence-corrected chi connectivity index (χ3v) is 3.64. The molecule has 0 spiro atoms. The SMILES string of the molecule is Cc1nc2ccccc2n1C1CCCC1N. The summed E-state index contributed by atoms with van der Waals surface area (Å²) in [4.78, 5) is 4.60. The normalized spacial score (nSPS) is 25.4. The van der Waals surface area contributed by atoms with Gasteiger partial charge in [0.15, 0.2) is 0 Å². The van der Waals surface area contributed by atoms with Crippen molar-refractivity contribution < 1.29 is 0 Å². The third kappa shape index (κ3) is 1.35. The molecule has 0 aliphatic heterocycles. The minimum Gasteiger partial charge on any atom is -0.326 e. The summed E-state index contributed by atoms with van der Waals surface area (Å²) in [6.45, 7) is 2.07. The molecule has 84 valence electrons. The maximum atomic E-state index is 6.18. The van der Waals surface area contributed by atoms with E-state index in [9.17, 15) is 0 Å². The predicted molar refractivity (Wildman–Crippen MR) is 65.3 cm³/mol. The number of nitrogens with two attached hydrogens (primary N) is 1. The van der Waals surface area contributed by atoms with Crippen molar-refractivity contribution in [2.75, 3.05) is 0 Å². The van der Waals surface area contributed by atoms with Gasteiger partial charge in [0.05, 0.1) is 17.1 Å². The number of hydrogen-bond donors (Lipinski definition) is 1. The van der Waals surface area contributed by atoms with E-state index in [0.717, 1.165) is 17.8 Å². The van der Waals surface area contributed by atoms with Gasteiger partial charge in [0.25, 0.3) is 0 Å². The van der Waals surface area contributed by atoms with Crippen molar-refractivity contribution in [3.8, 4) is 0 Å². The largest absolute Gasteiger partial charge is 0.326 e. The van der Waals surface area contributed by atoms with E-state index in [4.69, 9.17) is 5.73 Å². The molecule has 2 unspecified atom stereocenters.